The average molecular weight is 343 g/mol. The third-order valence-corrected chi connectivity index (χ3v) is 3.86. The van der Waals surface area contributed by atoms with Crippen LogP contribution >= 0.6 is 0 Å². The average Bonchev–Trinajstić information content (AvgIpc) is 2.66. The molecule has 0 unspecified atom stereocenters. The Morgan fingerprint density at radius 2 is 2.00 bits per heavy atom. The molecule has 25 heavy (non-hydrogen) atoms. The van der Waals surface area contributed by atoms with Crippen molar-refractivity contribution in [1.29, 1.82) is 0 Å². The maximum Gasteiger partial charge on any atom is 0.272 e. The molecule has 1 heterocycles. The Labute approximate surface area is 148 Å². The van der Waals surface area contributed by atoms with Gasteiger partial charge in [-0.25, -0.2) is 4.98 Å². The minimum Gasteiger partial charge on any atom is -0.497 e. The number of rotatable bonds is 8. The van der Waals surface area contributed by atoms with Gasteiger partial charge in [0.15, 0.2) is 0 Å². The molecule has 0 radical (unpaired) electrons. The summed E-state index contributed by atoms with van der Waals surface area (Å²) >= 11 is 0. The van der Waals surface area contributed by atoms with Gasteiger partial charge in [-0.2, -0.15) is 0 Å². The van der Waals surface area contributed by atoms with Crippen molar-refractivity contribution in [2.24, 2.45) is 0 Å². The number of benzene rings is 1. The van der Waals surface area contributed by atoms with Crippen LogP contribution in [0.1, 0.15) is 30.3 Å². The number of amides is 1. The van der Waals surface area contributed by atoms with Gasteiger partial charge < -0.3 is 19.7 Å². The summed E-state index contributed by atoms with van der Waals surface area (Å²) in [5.74, 6) is 1.35. The molecule has 6 nitrogen and oxygen atoms in total. The van der Waals surface area contributed by atoms with E-state index in [2.05, 4.69) is 17.2 Å². The Kier molecular flexibility index (Phi) is 6.62. The third kappa shape index (κ3) is 4.86. The Morgan fingerprint density at radius 1 is 1.20 bits per heavy atom. The second-order valence-corrected chi connectivity index (χ2v) is 5.70. The first-order chi connectivity index (χ1) is 12.1. The zero-order valence-corrected chi connectivity index (χ0v) is 15.2. The number of ether oxygens (including phenoxy) is 2. The summed E-state index contributed by atoms with van der Waals surface area (Å²) in [5.41, 5.74) is 1.96. The normalized spacial score (nSPS) is 10.2. The van der Waals surface area contributed by atoms with Crippen LogP contribution in [-0.4, -0.2) is 43.6 Å². The van der Waals surface area contributed by atoms with Gasteiger partial charge in [0.2, 0.25) is 0 Å². The quantitative estimate of drug-likeness (QED) is 0.791. The molecule has 6 heteroatoms. The minimum atomic E-state index is -0.0704. The van der Waals surface area contributed by atoms with E-state index in [1.54, 1.807) is 38.4 Å². The van der Waals surface area contributed by atoms with E-state index in [4.69, 9.17) is 9.47 Å². The highest BCUT2D eigenvalue weighted by Crippen LogP contribution is 2.31. The van der Waals surface area contributed by atoms with E-state index >= 15 is 0 Å². The first kappa shape index (κ1) is 18.6. The maximum absolute atomic E-state index is 12.3. The molecule has 1 aromatic heterocycles. The lowest BCUT2D eigenvalue weighted by Gasteiger charge is -2.16. The smallest absolute Gasteiger partial charge is 0.272 e. The molecule has 0 saturated heterocycles. The molecule has 1 amide bonds. The highest BCUT2D eigenvalue weighted by Gasteiger charge is 2.13. The summed E-state index contributed by atoms with van der Waals surface area (Å²) in [6.07, 6.45) is 3.67. The van der Waals surface area contributed by atoms with Crippen molar-refractivity contribution in [3.63, 3.8) is 0 Å². The fourth-order valence-electron chi connectivity index (χ4n) is 2.35. The number of nitrogens with one attached hydrogen (secondary N) is 1. The molecule has 2 rings (SSSR count). The van der Waals surface area contributed by atoms with E-state index < -0.39 is 0 Å². The minimum absolute atomic E-state index is 0.0704. The Bertz CT molecular complexity index is 702. The highest BCUT2D eigenvalue weighted by molar-refractivity contribution is 5.92. The zero-order chi connectivity index (χ0) is 18.2. The van der Waals surface area contributed by atoms with E-state index in [0.717, 1.165) is 36.5 Å². The molecule has 0 atom stereocenters. The van der Waals surface area contributed by atoms with Crippen LogP contribution < -0.4 is 14.8 Å². The number of hydrogen-bond donors (Lipinski definition) is 1. The van der Waals surface area contributed by atoms with Crippen LogP contribution in [0.3, 0.4) is 0 Å². The molecule has 0 aliphatic carbocycles. The predicted molar refractivity (Wildman–Crippen MR) is 98.9 cm³/mol. The SMILES string of the molecule is CCCCN(C)C(=O)c1ccc(Nc2cc(OC)ccc2OC)cn1. The number of carbonyl (C=O) groups is 1. The van der Waals surface area contributed by atoms with Crippen LogP contribution in [0.25, 0.3) is 0 Å². The predicted octanol–water partition coefficient (Wildman–Crippen LogP) is 3.71. The van der Waals surface area contributed by atoms with Crippen LogP contribution in [0.15, 0.2) is 36.5 Å². The summed E-state index contributed by atoms with van der Waals surface area (Å²) in [6, 6.07) is 9.05. The van der Waals surface area contributed by atoms with E-state index in [0.29, 0.717) is 11.4 Å². The highest BCUT2D eigenvalue weighted by atomic mass is 16.5. The second kappa shape index (κ2) is 8.92. The number of carbonyl (C=O) groups excluding carboxylic acids is 1. The zero-order valence-electron chi connectivity index (χ0n) is 15.2. The summed E-state index contributed by atoms with van der Waals surface area (Å²) in [5, 5.41) is 3.24. The molecule has 1 aromatic carbocycles. The van der Waals surface area contributed by atoms with Gasteiger partial charge in [-0.1, -0.05) is 13.3 Å². The number of hydrogen-bond acceptors (Lipinski definition) is 5. The third-order valence-electron chi connectivity index (χ3n) is 3.86. The van der Waals surface area contributed by atoms with Crippen LogP contribution in [0, 0.1) is 0 Å². The van der Waals surface area contributed by atoms with Gasteiger partial charge in [0, 0.05) is 19.7 Å². The lowest BCUT2D eigenvalue weighted by Crippen LogP contribution is -2.28. The monoisotopic (exact) mass is 343 g/mol. The van der Waals surface area contributed by atoms with E-state index in [9.17, 15) is 4.79 Å². The van der Waals surface area contributed by atoms with Gasteiger partial charge in [-0.3, -0.25) is 4.79 Å². The standard InChI is InChI=1S/C19H25N3O3/c1-5-6-11-22(2)19(23)16-9-7-14(13-20-16)21-17-12-15(24-3)8-10-18(17)25-4/h7-10,12-13,21H,5-6,11H2,1-4H3. The van der Waals surface area contributed by atoms with Crippen LogP contribution in [0.5, 0.6) is 11.5 Å². The molecule has 0 aliphatic rings. The summed E-state index contributed by atoms with van der Waals surface area (Å²) < 4.78 is 10.6. The molecule has 0 spiro atoms. The number of unbranched alkanes of at least 4 members (excludes halogenated alkanes) is 1. The molecular formula is C19H25N3O3. The molecule has 2 aromatic rings. The topological polar surface area (TPSA) is 63.7 Å². The number of pyridine rings is 1. The van der Waals surface area contributed by atoms with E-state index in [-0.39, 0.29) is 5.91 Å². The lowest BCUT2D eigenvalue weighted by molar-refractivity contribution is 0.0787. The van der Waals surface area contributed by atoms with Gasteiger partial charge in [-0.05, 0) is 30.7 Å². The van der Waals surface area contributed by atoms with Crippen LogP contribution in [0.2, 0.25) is 0 Å². The van der Waals surface area contributed by atoms with Gasteiger partial charge in [0.1, 0.15) is 17.2 Å². The summed E-state index contributed by atoms with van der Waals surface area (Å²) in [4.78, 5) is 18.3. The van der Waals surface area contributed by atoms with E-state index in [1.165, 1.54) is 0 Å². The first-order valence-corrected chi connectivity index (χ1v) is 8.29. The molecule has 134 valence electrons. The molecule has 0 fully saturated rings. The van der Waals surface area contributed by atoms with Crippen molar-refractivity contribution < 1.29 is 14.3 Å². The van der Waals surface area contributed by atoms with Crippen molar-refractivity contribution in [1.82, 2.24) is 9.88 Å². The fourth-order valence-corrected chi connectivity index (χ4v) is 2.35. The van der Waals surface area contributed by atoms with Gasteiger partial charge in [0.05, 0.1) is 31.8 Å². The largest absolute Gasteiger partial charge is 0.497 e. The molecule has 1 N–H and O–H groups in total. The van der Waals surface area contributed by atoms with Gasteiger partial charge in [-0.15, -0.1) is 0 Å². The Hall–Kier alpha value is -2.76. The number of methoxy groups -OCH3 is 2. The van der Waals surface area contributed by atoms with Crippen LogP contribution in [-0.2, 0) is 0 Å². The van der Waals surface area contributed by atoms with Crippen molar-refractivity contribution in [2.45, 2.75) is 19.8 Å². The number of nitrogens with zero attached hydrogens (tertiary/aromatic N) is 2. The van der Waals surface area contributed by atoms with Crippen LogP contribution in [0.4, 0.5) is 11.4 Å². The van der Waals surface area contributed by atoms with Crippen molar-refractivity contribution in [2.75, 3.05) is 33.1 Å². The lowest BCUT2D eigenvalue weighted by atomic mass is 10.2. The van der Waals surface area contributed by atoms with E-state index in [1.807, 2.05) is 24.3 Å². The fraction of sp³-hybridized carbons (Fsp3) is 0.368. The first-order valence-electron chi connectivity index (χ1n) is 8.29. The second-order valence-electron chi connectivity index (χ2n) is 5.70. The van der Waals surface area contributed by atoms with Gasteiger partial charge >= 0.3 is 0 Å². The number of anilines is 2. The molecule has 0 aliphatic heterocycles. The Morgan fingerprint density at radius 3 is 2.60 bits per heavy atom. The van der Waals surface area contributed by atoms with Crippen molar-refractivity contribution in [3.8, 4) is 11.5 Å². The summed E-state index contributed by atoms with van der Waals surface area (Å²) in [7, 11) is 5.02. The number of aromatic nitrogens is 1. The summed E-state index contributed by atoms with van der Waals surface area (Å²) in [6.45, 7) is 2.84. The van der Waals surface area contributed by atoms with Gasteiger partial charge in [0.25, 0.3) is 5.91 Å². The molecular weight excluding hydrogens is 318 g/mol. The molecule has 0 bridgehead atoms. The molecule has 0 saturated carbocycles. The Balaban J connectivity index is 2.11. The van der Waals surface area contributed by atoms with Crippen molar-refractivity contribution in [3.05, 3.63) is 42.2 Å². The van der Waals surface area contributed by atoms with Crippen molar-refractivity contribution >= 4 is 17.3 Å². The maximum atomic E-state index is 12.3.